The molecule has 2 aliphatic heterocycles. The van der Waals surface area contributed by atoms with Gasteiger partial charge >= 0.3 is 0 Å². The first kappa shape index (κ1) is 10.7. The minimum Gasteiger partial charge on any atom is -0.376 e. The molecule has 0 saturated carbocycles. The van der Waals surface area contributed by atoms with E-state index in [4.69, 9.17) is 10.5 Å². The first-order valence-electron chi connectivity index (χ1n) is 5.94. The molecule has 1 saturated heterocycles. The highest BCUT2D eigenvalue weighted by Crippen LogP contribution is 2.25. The fraction of sp³-hybridized carbons (Fsp3) is 0.909. The third-order valence-electron chi connectivity index (χ3n) is 3.52. The number of rotatable bonds is 3. The summed E-state index contributed by atoms with van der Waals surface area (Å²) in [6.45, 7) is 6.09. The fourth-order valence-corrected chi connectivity index (χ4v) is 2.48. The zero-order chi connectivity index (χ0) is 10.8. The average molecular weight is 211 g/mol. The summed E-state index contributed by atoms with van der Waals surface area (Å²) in [5.41, 5.74) is 5.93. The number of nitrogens with two attached hydrogens (primary N) is 1. The maximum absolute atomic E-state index is 5.93. The van der Waals surface area contributed by atoms with Gasteiger partial charge < -0.3 is 15.4 Å². The highest BCUT2D eigenvalue weighted by Gasteiger charge is 2.37. The molecule has 0 aliphatic carbocycles. The van der Waals surface area contributed by atoms with E-state index < -0.39 is 0 Å². The van der Waals surface area contributed by atoms with E-state index in [0.29, 0.717) is 24.1 Å². The van der Waals surface area contributed by atoms with Crippen LogP contribution in [0.15, 0.2) is 4.99 Å². The molecule has 3 unspecified atom stereocenters. The largest absolute Gasteiger partial charge is 0.376 e. The zero-order valence-corrected chi connectivity index (χ0v) is 9.65. The first-order chi connectivity index (χ1) is 7.24. The Morgan fingerprint density at radius 1 is 1.67 bits per heavy atom. The molecule has 15 heavy (non-hydrogen) atoms. The van der Waals surface area contributed by atoms with E-state index in [-0.39, 0.29) is 0 Å². The molecule has 1 fully saturated rings. The first-order valence-corrected chi connectivity index (χ1v) is 5.94. The van der Waals surface area contributed by atoms with Gasteiger partial charge in [-0.05, 0) is 26.2 Å². The summed E-state index contributed by atoms with van der Waals surface area (Å²) in [7, 11) is 0. The summed E-state index contributed by atoms with van der Waals surface area (Å²) in [5, 5.41) is 0. The third-order valence-corrected chi connectivity index (χ3v) is 3.52. The fourth-order valence-electron chi connectivity index (χ4n) is 2.48. The van der Waals surface area contributed by atoms with Crippen molar-refractivity contribution in [3.05, 3.63) is 0 Å². The quantitative estimate of drug-likeness (QED) is 0.756. The predicted octanol–water partition coefficient (Wildman–Crippen LogP) is 0.963. The van der Waals surface area contributed by atoms with Gasteiger partial charge in [-0.15, -0.1) is 0 Å². The average Bonchev–Trinajstić information content (AvgIpc) is 2.85. The minimum atomic E-state index is 0.337. The molecular formula is C11H21N3O. The molecule has 4 nitrogen and oxygen atoms in total. The number of aliphatic imine (C=N–C) groups is 1. The maximum Gasteiger partial charge on any atom is 0.191 e. The van der Waals surface area contributed by atoms with Crippen molar-refractivity contribution in [2.45, 2.75) is 51.3 Å². The number of hydrogen-bond acceptors (Lipinski definition) is 4. The van der Waals surface area contributed by atoms with Crippen molar-refractivity contribution in [3.8, 4) is 0 Å². The standard InChI is InChI=1S/C11H21N3O/c1-3-8(2)14-9(7-13-11(14)12)10-5-4-6-15-10/h8-10H,3-7H2,1-2H3,(H2,12,13). The molecule has 4 heteroatoms. The van der Waals surface area contributed by atoms with E-state index in [1.54, 1.807) is 0 Å². The molecule has 86 valence electrons. The number of ether oxygens (including phenoxy) is 1. The summed E-state index contributed by atoms with van der Waals surface area (Å²) >= 11 is 0. The lowest BCUT2D eigenvalue weighted by atomic mass is 10.1. The van der Waals surface area contributed by atoms with E-state index in [2.05, 4.69) is 23.7 Å². The molecule has 0 spiro atoms. The van der Waals surface area contributed by atoms with E-state index in [1.165, 1.54) is 6.42 Å². The normalized spacial score (nSPS) is 33.2. The number of nitrogens with zero attached hydrogens (tertiary/aromatic N) is 2. The molecule has 0 radical (unpaired) electrons. The van der Waals surface area contributed by atoms with Crippen LogP contribution in [-0.2, 0) is 4.74 Å². The zero-order valence-electron chi connectivity index (χ0n) is 9.65. The molecule has 3 atom stereocenters. The van der Waals surface area contributed by atoms with Gasteiger partial charge in [-0.2, -0.15) is 0 Å². The lowest BCUT2D eigenvalue weighted by molar-refractivity contribution is 0.0475. The maximum atomic E-state index is 5.93. The highest BCUT2D eigenvalue weighted by molar-refractivity contribution is 5.80. The van der Waals surface area contributed by atoms with Crippen LogP contribution in [0.5, 0.6) is 0 Å². The van der Waals surface area contributed by atoms with Crippen LogP contribution >= 0.6 is 0 Å². The van der Waals surface area contributed by atoms with Gasteiger partial charge in [-0.25, -0.2) is 0 Å². The molecule has 2 rings (SSSR count). The SMILES string of the molecule is CCC(C)N1C(N)=NCC1C1CCCO1. The molecule has 0 aromatic carbocycles. The van der Waals surface area contributed by atoms with Crippen molar-refractivity contribution >= 4 is 5.96 Å². The Hall–Kier alpha value is -0.770. The van der Waals surface area contributed by atoms with Crippen LogP contribution in [0.4, 0.5) is 0 Å². The van der Waals surface area contributed by atoms with Crippen LogP contribution in [0.25, 0.3) is 0 Å². The summed E-state index contributed by atoms with van der Waals surface area (Å²) < 4.78 is 5.74. The molecule has 0 aromatic rings. The van der Waals surface area contributed by atoms with Gasteiger partial charge in [0, 0.05) is 12.6 Å². The second kappa shape index (κ2) is 4.39. The summed E-state index contributed by atoms with van der Waals surface area (Å²) in [4.78, 5) is 6.60. The van der Waals surface area contributed by atoms with Crippen LogP contribution in [0.1, 0.15) is 33.1 Å². The molecule has 0 aromatic heterocycles. The van der Waals surface area contributed by atoms with Crippen molar-refractivity contribution in [1.29, 1.82) is 0 Å². The Labute approximate surface area is 91.5 Å². The van der Waals surface area contributed by atoms with Gasteiger partial charge in [0.05, 0.1) is 18.7 Å². The summed E-state index contributed by atoms with van der Waals surface area (Å²) in [6.07, 6.45) is 3.76. The summed E-state index contributed by atoms with van der Waals surface area (Å²) in [5.74, 6) is 0.699. The molecule has 2 heterocycles. The second-order valence-electron chi connectivity index (χ2n) is 4.48. The van der Waals surface area contributed by atoms with E-state index >= 15 is 0 Å². The smallest absolute Gasteiger partial charge is 0.191 e. The monoisotopic (exact) mass is 211 g/mol. The Balaban J connectivity index is 2.05. The van der Waals surface area contributed by atoms with Gasteiger partial charge in [0.25, 0.3) is 0 Å². The predicted molar refractivity (Wildman–Crippen MR) is 60.8 cm³/mol. The lowest BCUT2D eigenvalue weighted by Gasteiger charge is -2.34. The van der Waals surface area contributed by atoms with Crippen LogP contribution in [-0.4, -0.2) is 42.2 Å². The summed E-state index contributed by atoms with van der Waals surface area (Å²) in [6, 6.07) is 0.841. The van der Waals surface area contributed by atoms with Gasteiger partial charge in [-0.1, -0.05) is 6.92 Å². The van der Waals surface area contributed by atoms with Gasteiger partial charge in [0.2, 0.25) is 0 Å². The van der Waals surface area contributed by atoms with Crippen molar-refractivity contribution in [2.24, 2.45) is 10.7 Å². The Kier molecular flexibility index (Phi) is 3.14. The van der Waals surface area contributed by atoms with Gasteiger partial charge in [-0.3, -0.25) is 4.99 Å². The van der Waals surface area contributed by atoms with Crippen LogP contribution in [0, 0.1) is 0 Å². The highest BCUT2D eigenvalue weighted by atomic mass is 16.5. The molecule has 2 aliphatic rings. The Bertz CT molecular complexity index is 248. The van der Waals surface area contributed by atoms with E-state index in [1.807, 2.05) is 0 Å². The van der Waals surface area contributed by atoms with Crippen LogP contribution in [0.2, 0.25) is 0 Å². The van der Waals surface area contributed by atoms with E-state index in [0.717, 1.165) is 26.0 Å². The molecule has 2 N–H and O–H groups in total. The molecular weight excluding hydrogens is 190 g/mol. The number of hydrogen-bond donors (Lipinski definition) is 1. The number of guanidine groups is 1. The third kappa shape index (κ3) is 1.95. The van der Waals surface area contributed by atoms with Crippen molar-refractivity contribution in [3.63, 3.8) is 0 Å². The van der Waals surface area contributed by atoms with Gasteiger partial charge in [0.1, 0.15) is 0 Å². The Morgan fingerprint density at radius 3 is 3.07 bits per heavy atom. The van der Waals surface area contributed by atoms with Crippen molar-refractivity contribution in [1.82, 2.24) is 4.90 Å². The van der Waals surface area contributed by atoms with Crippen LogP contribution in [0.3, 0.4) is 0 Å². The van der Waals surface area contributed by atoms with Crippen molar-refractivity contribution in [2.75, 3.05) is 13.2 Å². The van der Waals surface area contributed by atoms with Gasteiger partial charge in [0.15, 0.2) is 5.96 Å². The topological polar surface area (TPSA) is 50.8 Å². The second-order valence-corrected chi connectivity index (χ2v) is 4.48. The molecule has 0 bridgehead atoms. The molecule has 0 amide bonds. The van der Waals surface area contributed by atoms with Crippen LogP contribution < -0.4 is 5.73 Å². The minimum absolute atomic E-state index is 0.337. The van der Waals surface area contributed by atoms with E-state index in [9.17, 15) is 0 Å². The lowest BCUT2D eigenvalue weighted by Crippen LogP contribution is -2.50. The van der Waals surface area contributed by atoms with Crippen molar-refractivity contribution < 1.29 is 4.74 Å². The Morgan fingerprint density at radius 2 is 2.47 bits per heavy atom.